The number of Topliss-reactive ketones (excluding diaryl/α,β-unsaturated/α-hetero) is 1. The highest BCUT2D eigenvalue weighted by atomic mass is 32.2. The summed E-state index contributed by atoms with van der Waals surface area (Å²) in [6, 6.07) is 2.05. The Kier molecular flexibility index (Phi) is 4.01. The quantitative estimate of drug-likeness (QED) is 0.773. The number of carbonyl (C=O) groups excluding carboxylic acids is 1. The molecule has 0 saturated carbocycles. The molecule has 0 amide bonds. The Morgan fingerprint density at radius 1 is 1.42 bits per heavy atom. The van der Waals surface area contributed by atoms with Gasteiger partial charge >= 0.3 is 0 Å². The van der Waals surface area contributed by atoms with Gasteiger partial charge in [0.2, 0.25) is 0 Å². The number of thioether (sulfide) groups is 1. The van der Waals surface area contributed by atoms with Gasteiger partial charge < -0.3 is 4.74 Å². The first kappa shape index (κ1) is 13.7. The molecule has 3 heterocycles. The summed E-state index contributed by atoms with van der Waals surface area (Å²) >= 11 is 3.60. The van der Waals surface area contributed by atoms with Crippen molar-refractivity contribution in [3.05, 3.63) is 21.9 Å². The van der Waals surface area contributed by atoms with Crippen LogP contribution in [0.2, 0.25) is 0 Å². The lowest BCUT2D eigenvalue weighted by Crippen LogP contribution is -2.44. The largest absolute Gasteiger partial charge is 0.375 e. The number of rotatable bonds is 2. The van der Waals surface area contributed by atoms with Crippen LogP contribution in [0.25, 0.3) is 0 Å². The van der Waals surface area contributed by atoms with E-state index in [9.17, 15) is 4.79 Å². The number of ether oxygens (including phenoxy) is 1. The first-order valence-electron chi connectivity index (χ1n) is 7.00. The van der Waals surface area contributed by atoms with Crippen LogP contribution in [0.1, 0.15) is 40.9 Å². The van der Waals surface area contributed by atoms with Crippen LogP contribution in [0.4, 0.5) is 0 Å². The predicted molar refractivity (Wildman–Crippen MR) is 81.4 cm³/mol. The topological polar surface area (TPSA) is 26.3 Å². The molecule has 2 aliphatic rings. The highest BCUT2D eigenvalue weighted by Crippen LogP contribution is 2.41. The fourth-order valence-corrected chi connectivity index (χ4v) is 5.34. The Morgan fingerprint density at radius 2 is 2.21 bits per heavy atom. The van der Waals surface area contributed by atoms with E-state index in [0.29, 0.717) is 5.78 Å². The molecular formula is C15H20O2S2. The zero-order chi connectivity index (χ0) is 13.3. The fourth-order valence-electron chi connectivity index (χ4n) is 3.15. The van der Waals surface area contributed by atoms with Crippen LogP contribution in [0.5, 0.6) is 0 Å². The average Bonchev–Trinajstić information content (AvgIpc) is 2.85. The minimum absolute atomic E-state index is 0.00892. The van der Waals surface area contributed by atoms with Crippen molar-refractivity contribution in [3.63, 3.8) is 0 Å². The highest BCUT2D eigenvalue weighted by molar-refractivity contribution is 7.99. The lowest BCUT2D eigenvalue weighted by Gasteiger charge is -2.42. The first-order chi connectivity index (χ1) is 9.20. The minimum atomic E-state index is 0.00892. The molecule has 2 nitrogen and oxygen atoms in total. The van der Waals surface area contributed by atoms with Gasteiger partial charge in [0.25, 0.3) is 0 Å². The second kappa shape index (κ2) is 5.58. The summed E-state index contributed by atoms with van der Waals surface area (Å²) in [6.45, 7) is 2.79. The molecular weight excluding hydrogens is 276 g/mol. The Bertz CT molecular complexity index is 455. The third-order valence-electron chi connectivity index (χ3n) is 4.35. The molecule has 2 fully saturated rings. The molecule has 19 heavy (non-hydrogen) atoms. The normalized spacial score (nSPS) is 26.5. The molecule has 1 aromatic rings. The van der Waals surface area contributed by atoms with Gasteiger partial charge in [-0.3, -0.25) is 4.79 Å². The van der Waals surface area contributed by atoms with Crippen molar-refractivity contribution in [2.45, 2.75) is 38.2 Å². The minimum Gasteiger partial charge on any atom is -0.375 e. The summed E-state index contributed by atoms with van der Waals surface area (Å²) < 4.78 is 6.07. The molecule has 0 aromatic carbocycles. The standard InChI is InChI=1S/C15H20O2S2/c1-11-3-7-19-14(11)13(16)12-2-6-17-15(10-12)4-8-18-9-5-15/h3,7,12H,2,4-6,8-10H2,1H3. The van der Waals surface area contributed by atoms with Gasteiger partial charge in [-0.1, -0.05) is 0 Å². The van der Waals surface area contributed by atoms with Crippen LogP contribution in [-0.2, 0) is 4.74 Å². The molecule has 2 aliphatic heterocycles. The summed E-state index contributed by atoms with van der Waals surface area (Å²) in [6.07, 6.45) is 4.06. The van der Waals surface area contributed by atoms with Crippen LogP contribution in [-0.4, -0.2) is 29.5 Å². The zero-order valence-electron chi connectivity index (χ0n) is 11.3. The van der Waals surface area contributed by atoms with Crippen molar-refractivity contribution in [1.29, 1.82) is 0 Å². The van der Waals surface area contributed by atoms with Crippen molar-refractivity contribution in [1.82, 2.24) is 0 Å². The molecule has 0 bridgehead atoms. The maximum atomic E-state index is 12.7. The van der Waals surface area contributed by atoms with E-state index >= 15 is 0 Å². The van der Waals surface area contributed by atoms with Gasteiger partial charge in [0.05, 0.1) is 10.5 Å². The summed E-state index contributed by atoms with van der Waals surface area (Å²) in [7, 11) is 0. The van der Waals surface area contributed by atoms with E-state index in [1.54, 1.807) is 11.3 Å². The SMILES string of the molecule is Cc1ccsc1C(=O)C1CCOC2(CCSCC2)C1. The van der Waals surface area contributed by atoms with Crippen molar-refractivity contribution >= 4 is 28.9 Å². The maximum absolute atomic E-state index is 12.7. The van der Waals surface area contributed by atoms with E-state index in [2.05, 4.69) is 0 Å². The van der Waals surface area contributed by atoms with Gasteiger partial charge in [0.1, 0.15) is 0 Å². The molecule has 3 rings (SSSR count). The highest BCUT2D eigenvalue weighted by Gasteiger charge is 2.41. The fraction of sp³-hybridized carbons (Fsp3) is 0.667. The third kappa shape index (κ3) is 2.76. The summed E-state index contributed by atoms with van der Waals surface area (Å²) in [5.74, 6) is 2.89. The van der Waals surface area contributed by atoms with Crippen LogP contribution < -0.4 is 0 Å². The Hall–Kier alpha value is -0.320. The maximum Gasteiger partial charge on any atom is 0.176 e. The number of thiophene rings is 1. The molecule has 1 spiro atoms. The molecule has 2 saturated heterocycles. The van der Waals surface area contributed by atoms with Gasteiger partial charge in [-0.05, 0) is 61.1 Å². The van der Waals surface area contributed by atoms with Crippen molar-refractivity contribution in [2.24, 2.45) is 5.92 Å². The van der Waals surface area contributed by atoms with Crippen LogP contribution in [0, 0.1) is 12.8 Å². The van der Waals surface area contributed by atoms with Crippen LogP contribution >= 0.6 is 23.1 Å². The van der Waals surface area contributed by atoms with Crippen molar-refractivity contribution in [2.75, 3.05) is 18.1 Å². The molecule has 0 N–H and O–H groups in total. The molecule has 1 unspecified atom stereocenters. The second-order valence-corrected chi connectivity index (χ2v) is 7.77. The van der Waals surface area contributed by atoms with Crippen LogP contribution in [0.15, 0.2) is 11.4 Å². The molecule has 1 atom stereocenters. The Labute approximate surface area is 122 Å². The molecule has 1 aromatic heterocycles. The molecule has 104 valence electrons. The van der Waals surface area contributed by atoms with E-state index in [0.717, 1.165) is 42.7 Å². The van der Waals surface area contributed by atoms with Gasteiger partial charge in [-0.2, -0.15) is 11.8 Å². The Balaban J connectivity index is 1.74. The van der Waals surface area contributed by atoms with Gasteiger partial charge in [0, 0.05) is 12.5 Å². The summed E-state index contributed by atoms with van der Waals surface area (Å²) in [4.78, 5) is 13.6. The average molecular weight is 296 g/mol. The van der Waals surface area contributed by atoms with Gasteiger partial charge in [-0.15, -0.1) is 11.3 Å². The third-order valence-corrected chi connectivity index (χ3v) is 6.37. The molecule has 0 radical (unpaired) electrons. The summed E-state index contributed by atoms with van der Waals surface area (Å²) in [5, 5.41) is 2.02. The van der Waals surface area contributed by atoms with E-state index in [1.807, 2.05) is 30.1 Å². The molecule has 0 aliphatic carbocycles. The monoisotopic (exact) mass is 296 g/mol. The Morgan fingerprint density at radius 3 is 2.89 bits per heavy atom. The van der Waals surface area contributed by atoms with E-state index in [1.165, 1.54) is 11.5 Å². The number of hydrogen-bond donors (Lipinski definition) is 0. The molecule has 4 heteroatoms. The lowest BCUT2D eigenvalue weighted by molar-refractivity contribution is -0.0959. The van der Waals surface area contributed by atoms with Gasteiger partial charge in [0.15, 0.2) is 5.78 Å². The van der Waals surface area contributed by atoms with E-state index < -0.39 is 0 Å². The van der Waals surface area contributed by atoms with Crippen LogP contribution in [0.3, 0.4) is 0 Å². The van der Waals surface area contributed by atoms with E-state index in [-0.39, 0.29) is 11.5 Å². The lowest BCUT2D eigenvalue weighted by atomic mass is 9.79. The van der Waals surface area contributed by atoms with Crippen molar-refractivity contribution < 1.29 is 9.53 Å². The number of carbonyl (C=O) groups is 1. The van der Waals surface area contributed by atoms with Crippen molar-refractivity contribution in [3.8, 4) is 0 Å². The zero-order valence-corrected chi connectivity index (χ0v) is 12.9. The van der Waals surface area contributed by atoms with Gasteiger partial charge in [-0.25, -0.2) is 0 Å². The number of aryl methyl sites for hydroxylation is 1. The predicted octanol–water partition coefficient (Wildman–Crippen LogP) is 3.93. The number of ketones is 1. The number of hydrogen-bond acceptors (Lipinski definition) is 4. The van der Waals surface area contributed by atoms with E-state index in [4.69, 9.17) is 4.74 Å². The first-order valence-corrected chi connectivity index (χ1v) is 9.04. The summed E-state index contributed by atoms with van der Waals surface area (Å²) in [5.41, 5.74) is 1.14. The smallest absolute Gasteiger partial charge is 0.176 e. The second-order valence-electron chi connectivity index (χ2n) is 5.63.